The van der Waals surface area contributed by atoms with Crippen LogP contribution in [0, 0.1) is 0 Å². The van der Waals surface area contributed by atoms with Crippen molar-refractivity contribution in [3.05, 3.63) is 47.7 Å². The van der Waals surface area contributed by atoms with Crippen molar-refractivity contribution >= 4 is 6.09 Å². The van der Waals surface area contributed by atoms with Gasteiger partial charge in [0.1, 0.15) is 0 Å². The second kappa shape index (κ2) is 9.14. The molecule has 3 aromatic rings. The van der Waals surface area contributed by atoms with Crippen LogP contribution in [0.1, 0.15) is 29.7 Å². The summed E-state index contributed by atoms with van der Waals surface area (Å²) < 4.78 is 6.85. The van der Waals surface area contributed by atoms with Gasteiger partial charge >= 0.3 is 6.09 Å². The summed E-state index contributed by atoms with van der Waals surface area (Å²) in [5.74, 6) is 0.291. The Morgan fingerprint density at radius 3 is 2.36 bits per heavy atom. The van der Waals surface area contributed by atoms with Gasteiger partial charge in [0, 0.05) is 68.2 Å². The zero-order chi connectivity index (χ0) is 22.8. The van der Waals surface area contributed by atoms with E-state index >= 15 is 0 Å². The molecule has 1 saturated heterocycles. The second-order valence-electron chi connectivity index (χ2n) is 8.52. The number of amides is 1. The van der Waals surface area contributed by atoms with E-state index in [1.165, 1.54) is 10.8 Å². The Kier molecular flexibility index (Phi) is 5.91. The molecule has 174 valence electrons. The number of hydrogen-bond donors (Lipinski definition) is 3. The molecule has 0 saturated carbocycles. The highest BCUT2D eigenvalue weighted by Crippen LogP contribution is 2.40. The van der Waals surface area contributed by atoms with E-state index in [0.29, 0.717) is 18.8 Å². The summed E-state index contributed by atoms with van der Waals surface area (Å²) in [6.07, 6.45) is 8.97. The number of fused-ring (bicyclic) bond motifs is 1. The number of nitrogens with zero attached hydrogens (tertiary/aromatic N) is 5. The minimum absolute atomic E-state index is 0.0548. The van der Waals surface area contributed by atoms with Crippen molar-refractivity contribution < 1.29 is 19.7 Å². The van der Waals surface area contributed by atoms with Crippen molar-refractivity contribution in [2.75, 3.05) is 32.7 Å². The summed E-state index contributed by atoms with van der Waals surface area (Å²) >= 11 is 0. The number of carbonyl (C=O) groups is 1. The molecule has 2 aliphatic rings. The van der Waals surface area contributed by atoms with Gasteiger partial charge in [-0.05, 0) is 31.7 Å². The quantitative estimate of drug-likeness (QED) is 0.543. The first-order valence-corrected chi connectivity index (χ1v) is 11.4. The van der Waals surface area contributed by atoms with Gasteiger partial charge < -0.3 is 24.8 Å². The number of ether oxygens (including phenoxy) is 1. The lowest BCUT2D eigenvalue weighted by Crippen LogP contribution is -2.50. The summed E-state index contributed by atoms with van der Waals surface area (Å²) in [6, 6.07) is 3.25. The summed E-state index contributed by atoms with van der Waals surface area (Å²) in [5.41, 5.74) is 3.23. The molecule has 10 heteroatoms. The summed E-state index contributed by atoms with van der Waals surface area (Å²) in [6.45, 7) is 3.67. The third-order valence-electron chi connectivity index (χ3n) is 6.48. The number of aromatic hydroxyl groups is 2. The van der Waals surface area contributed by atoms with Crippen LogP contribution in [0.4, 0.5) is 4.79 Å². The number of imidazole rings is 1. The van der Waals surface area contributed by atoms with Gasteiger partial charge in [-0.25, -0.2) is 19.3 Å². The maximum atomic E-state index is 12.6. The van der Waals surface area contributed by atoms with E-state index in [-0.39, 0.29) is 17.6 Å². The van der Waals surface area contributed by atoms with Gasteiger partial charge in [-0.2, -0.15) is 0 Å². The molecule has 5 rings (SSSR count). The van der Waals surface area contributed by atoms with Gasteiger partial charge in [0.15, 0.2) is 0 Å². The monoisotopic (exact) mass is 452 g/mol. The number of carbonyl (C=O) groups excluding carboxylic acids is 1. The highest BCUT2D eigenvalue weighted by Gasteiger charge is 2.26. The zero-order valence-electron chi connectivity index (χ0n) is 18.4. The lowest BCUT2D eigenvalue weighted by molar-refractivity contribution is 0.110. The summed E-state index contributed by atoms with van der Waals surface area (Å²) in [7, 11) is 0. The normalized spacial score (nSPS) is 16.5. The number of rotatable bonds is 5. The maximum absolute atomic E-state index is 12.6. The van der Waals surface area contributed by atoms with Gasteiger partial charge in [0.25, 0.3) is 0 Å². The van der Waals surface area contributed by atoms with Crippen LogP contribution in [-0.4, -0.2) is 78.3 Å². The number of hydrogen-bond acceptors (Lipinski definition) is 7. The number of H-pyrrole nitrogens is 1. The fourth-order valence-electron chi connectivity index (χ4n) is 4.59. The highest BCUT2D eigenvalue weighted by molar-refractivity contribution is 5.70. The topological polar surface area (TPSA) is 120 Å². The number of pyridine rings is 1. The predicted octanol–water partition coefficient (Wildman–Crippen LogP) is 2.24. The number of aromatic nitrogens is 4. The zero-order valence-corrected chi connectivity index (χ0v) is 18.4. The average Bonchev–Trinajstić information content (AvgIpc) is 3.46. The van der Waals surface area contributed by atoms with E-state index in [1.54, 1.807) is 23.4 Å². The second-order valence-corrected chi connectivity index (χ2v) is 8.52. The molecule has 0 spiro atoms. The van der Waals surface area contributed by atoms with Gasteiger partial charge in [-0.1, -0.05) is 0 Å². The molecule has 33 heavy (non-hydrogen) atoms. The van der Waals surface area contributed by atoms with E-state index < -0.39 is 6.09 Å². The SMILES string of the molecule is O=C(Oc1ccc(-n2c(O)c3c(c2O)CCCC3)cn1)N1CCN(CCc2cnc[nH]2)CC1. The molecule has 0 atom stereocenters. The third-order valence-corrected chi connectivity index (χ3v) is 6.48. The Morgan fingerprint density at radius 2 is 1.76 bits per heavy atom. The number of nitrogens with one attached hydrogen (secondary N) is 1. The maximum Gasteiger partial charge on any atom is 0.416 e. The highest BCUT2D eigenvalue weighted by atomic mass is 16.6. The van der Waals surface area contributed by atoms with Gasteiger partial charge in [-0.15, -0.1) is 0 Å². The average molecular weight is 453 g/mol. The Balaban J connectivity index is 1.17. The fraction of sp³-hybridized carbons (Fsp3) is 0.435. The Morgan fingerprint density at radius 1 is 1.03 bits per heavy atom. The van der Waals surface area contributed by atoms with Gasteiger partial charge in [0.05, 0.1) is 18.2 Å². The van der Waals surface area contributed by atoms with E-state index in [9.17, 15) is 15.0 Å². The van der Waals surface area contributed by atoms with Gasteiger partial charge in [0.2, 0.25) is 17.6 Å². The van der Waals surface area contributed by atoms with Crippen LogP contribution in [0.25, 0.3) is 5.69 Å². The van der Waals surface area contributed by atoms with Crippen molar-refractivity contribution in [1.29, 1.82) is 0 Å². The Hall–Kier alpha value is -3.53. The molecule has 10 nitrogen and oxygen atoms in total. The van der Waals surface area contributed by atoms with E-state index in [0.717, 1.165) is 68.6 Å². The molecular formula is C23H28N6O4. The molecule has 3 N–H and O–H groups in total. The molecule has 0 aromatic carbocycles. The van der Waals surface area contributed by atoms with Gasteiger partial charge in [-0.3, -0.25) is 4.90 Å². The molecule has 0 radical (unpaired) electrons. The van der Waals surface area contributed by atoms with E-state index in [4.69, 9.17) is 4.74 Å². The van der Waals surface area contributed by atoms with Crippen LogP contribution in [0.2, 0.25) is 0 Å². The summed E-state index contributed by atoms with van der Waals surface area (Å²) in [4.78, 5) is 27.9. The van der Waals surface area contributed by atoms with Crippen molar-refractivity contribution in [1.82, 2.24) is 29.3 Å². The van der Waals surface area contributed by atoms with Crippen molar-refractivity contribution in [3.8, 4) is 23.3 Å². The van der Waals surface area contributed by atoms with Crippen LogP contribution in [0.3, 0.4) is 0 Å². The molecule has 1 fully saturated rings. The molecule has 1 amide bonds. The molecule has 3 aromatic heterocycles. The first-order chi connectivity index (χ1) is 16.1. The van der Waals surface area contributed by atoms with E-state index in [2.05, 4.69) is 19.9 Å². The third kappa shape index (κ3) is 4.38. The molecule has 4 heterocycles. The lowest BCUT2D eigenvalue weighted by Gasteiger charge is -2.33. The Bertz CT molecular complexity index is 1070. The summed E-state index contributed by atoms with van der Waals surface area (Å²) in [5, 5.41) is 21.2. The molecule has 1 aliphatic heterocycles. The van der Waals surface area contributed by atoms with Crippen LogP contribution in [0.5, 0.6) is 17.6 Å². The first kappa shape index (κ1) is 21.3. The van der Waals surface area contributed by atoms with Crippen LogP contribution in [-0.2, 0) is 19.3 Å². The minimum Gasteiger partial charge on any atom is -0.494 e. The standard InChI is InChI=1S/C23H28N6O4/c30-21-18-3-1-2-4-19(18)22(31)29(21)17-5-6-20(25-14-17)33-23(32)28-11-9-27(10-12-28)8-7-16-13-24-15-26-16/h5-6,13-15,30-31H,1-4,7-12H2,(H,24,26). The fourth-order valence-corrected chi connectivity index (χ4v) is 4.59. The van der Waals surface area contributed by atoms with E-state index in [1.807, 2.05) is 6.20 Å². The molecule has 0 unspecified atom stereocenters. The van der Waals surface area contributed by atoms with Crippen LogP contribution < -0.4 is 4.74 Å². The minimum atomic E-state index is -0.425. The number of piperazine rings is 1. The van der Waals surface area contributed by atoms with Crippen molar-refractivity contribution in [2.24, 2.45) is 0 Å². The van der Waals surface area contributed by atoms with Crippen LogP contribution in [0.15, 0.2) is 30.9 Å². The first-order valence-electron chi connectivity index (χ1n) is 11.4. The van der Waals surface area contributed by atoms with Crippen LogP contribution >= 0.6 is 0 Å². The predicted molar refractivity (Wildman–Crippen MR) is 120 cm³/mol. The number of aromatic amines is 1. The van der Waals surface area contributed by atoms with Crippen molar-refractivity contribution in [3.63, 3.8) is 0 Å². The molecular weight excluding hydrogens is 424 g/mol. The molecule has 0 bridgehead atoms. The van der Waals surface area contributed by atoms with Crippen molar-refractivity contribution in [2.45, 2.75) is 32.1 Å². The molecule has 1 aliphatic carbocycles. The lowest BCUT2D eigenvalue weighted by atomic mass is 9.95. The largest absolute Gasteiger partial charge is 0.494 e. The Labute approximate surface area is 191 Å². The smallest absolute Gasteiger partial charge is 0.416 e.